The Kier molecular flexibility index (Phi) is 6.10. The first kappa shape index (κ1) is 16.3. The van der Waals surface area contributed by atoms with Crippen molar-refractivity contribution < 1.29 is 9.00 Å². The molecule has 0 aliphatic heterocycles. The third-order valence-electron chi connectivity index (χ3n) is 2.36. The summed E-state index contributed by atoms with van der Waals surface area (Å²) in [5, 5.41) is 6.24. The smallest absolute Gasteiger partial charge is 0.319 e. The summed E-state index contributed by atoms with van der Waals surface area (Å²) >= 11 is 12.0. The molecule has 0 aromatic heterocycles. The van der Waals surface area contributed by atoms with E-state index in [1.807, 2.05) is 6.92 Å². The molecule has 0 radical (unpaired) electrons. The van der Waals surface area contributed by atoms with Crippen molar-refractivity contribution in [3.05, 3.63) is 27.7 Å². The largest absolute Gasteiger partial charge is 0.334 e. The summed E-state index contributed by atoms with van der Waals surface area (Å²) in [5.74, 6) is 0.399. The van der Waals surface area contributed by atoms with E-state index in [2.05, 4.69) is 10.6 Å². The van der Waals surface area contributed by atoms with Crippen LogP contribution in [-0.4, -0.2) is 28.3 Å². The third kappa shape index (κ3) is 5.38. The number of halogens is 2. The molecular weight excluding hydrogens is 307 g/mol. The molecule has 2 amide bonds. The molecule has 1 aromatic carbocycles. The molecule has 2 N–H and O–H groups in total. The summed E-state index contributed by atoms with van der Waals surface area (Å²) in [4.78, 5) is 11.7. The molecule has 0 saturated carbocycles. The van der Waals surface area contributed by atoms with E-state index in [0.29, 0.717) is 21.5 Å². The van der Waals surface area contributed by atoms with Crippen molar-refractivity contribution in [3.8, 4) is 0 Å². The Morgan fingerprint density at radius 2 is 2.00 bits per heavy atom. The number of nitrogens with one attached hydrogen (secondary N) is 2. The number of carbonyl (C=O) groups excluding carboxylic acids is 1. The van der Waals surface area contributed by atoms with Crippen LogP contribution in [0.25, 0.3) is 0 Å². The van der Waals surface area contributed by atoms with E-state index >= 15 is 0 Å². The summed E-state index contributed by atoms with van der Waals surface area (Å²) in [6.45, 7) is 3.61. The molecule has 0 bridgehead atoms. The Balaban J connectivity index is 2.67. The number of hydrogen-bond acceptors (Lipinski definition) is 2. The number of urea groups is 1. The minimum atomic E-state index is -0.959. The Morgan fingerprint density at radius 1 is 1.37 bits per heavy atom. The lowest BCUT2D eigenvalue weighted by molar-refractivity contribution is 0.250. The molecule has 0 heterocycles. The number of carbonyl (C=O) groups is 1. The van der Waals surface area contributed by atoms with Gasteiger partial charge in [-0.25, -0.2) is 4.79 Å². The van der Waals surface area contributed by atoms with Gasteiger partial charge in [0.15, 0.2) is 0 Å². The molecule has 1 aromatic rings. The number of hydrogen-bond donors (Lipinski definition) is 2. The molecule has 0 aliphatic carbocycles. The van der Waals surface area contributed by atoms with Crippen molar-refractivity contribution in [2.75, 3.05) is 17.3 Å². The van der Waals surface area contributed by atoms with Crippen LogP contribution in [0.4, 0.5) is 10.5 Å². The third-order valence-corrected chi connectivity index (χ3v) is 4.05. The SMILES string of the molecule is Cc1cc(Cl)c(NC(=O)N[C@H](C)C[S@@](C)=O)cc1Cl. The van der Waals surface area contributed by atoms with Crippen LogP contribution in [0.1, 0.15) is 12.5 Å². The van der Waals surface area contributed by atoms with Crippen molar-refractivity contribution in [1.29, 1.82) is 0 Å². The zero-order valence-electron chi connectivity index (χ0n) is 10.9. The monoisotopic (exact) mass is 322 g/mol. The Hall–Kier alpha value is -0.780. The van der Waals surface area contributed by atoms with Gasteiger partial charge in [0.05, 0.1) is 10.7 Å². The molecule has 4 nitrogen and oxygen atoms in total. The van der Waals surface area contributed by atoms with Crippen LogP contribution in [0.3, 0.4) is 0 Å². The van der Waals surface area contributed by atoms with Gasteiger partial charge in [-0.15, -0.1) is 0 Å². The standard InChI is InChI=1S/C12H16Cl2N2O2S/c1-7-4-10(14)11(5-9(7)13)16-12(17)15-8(2)6-19(3)18/h4-5,8H,6H2,1-3H3,(H2,15,16,17)/t8-,19-/m1/s1. The predicted molar refractivity (Wildman–Crippen MR) is 81.7 cm³/mol. The molecule has 0 aliphatic rings. The first-order chi connectivity index (χ1) is 8.79. The molecule has 19 heavy (non-hydrogen) atoms. The van der Waals surface area contributed by atoms with E-state index in [1.165, 1.54) is 0 Å². The lowest BCUT2D eigenvalue weighted by Crippen LogP contribution is -2.39. The lowest BCUT2D eigenvalue weighted by atomic mass is 10.2. The molecule has 0 spiro atoms. The van der Waals surface area contributed by atoms with Crippen LogP contribution >= 0.6 is 23.2 Å². The van der Waals surface area contributed by atoms with Crippen LogP contribution in [0, 0.1) is 6.92 Å². The Labute approximate surface area is 125 Å². The van der Waals surface area contributed by atoms with E-state index in [1.54, 1.807) is 25.3 Å². The summed E-state index contributed by atoms with van der Waals surface area (Å²) in [6, 6.07) is 2.69. The van der Waals surface area contributed by atoms with Crippen LogP contribution in [0.5, 0.6) is 0 Å². The summed E-state index contributed by atoms with van der Waals surface area (Å²) in [5.41, 5.74) is 1.28. The van der Waals surface area contributed by atoms with Gasteiger partial charge in [-0.1, -0.05) is 23.2 Å². The fourth-order valence-electron chi connectivity index (χ4n) is 1.52. The maximum absolute atomic E-state index is 11.7. The number of aryl methyl sites for hydroxylation is 1. The first-order valence-corrected chi connectivity index (χ1v) is 8.11. The van der Waals surface area contributed by atoms with Crippen molar-refractivity contribution in [3.63, 3.8) is 0 Å². The molecular formula is C12H16Cl2N2O2S. The van der Waals surface area contributed by atoms with E-state index in [9.17, 15) is 9.00 Å². The summed E-state index contributed by atoms with van der Waals surface area (Å²) < 4.78 is 11.0. The molecule has 0 saturated heterocycles. The van der Waals surface area contributed by atoms with Crippen molar-refractivity contribution in [1.82, 2.24) is 5.32 Å². The fraction of sp³-hybridized carbons (Fsp3) is 0.417. The van der Waals surface area contributed by atoms with E-state index < -0.39 is 16.8 Å². The normalized spacial score (nSPS) is 13.7. The quantitative estimate of drug-likeness (QED) is 0.894. The van der Waals surface area contributed by atoms with Crippen LogP contribution in [0.2, 0.25) is 10.0 Å². The Morgan fingerprint density at radius 3 is 2.58 bits per heavy atom. The van der Waals surface area contributed by atoms with Gasteiger partial charge in [-0.05, 0) is 31.5 Å². The van der Waals surface area contributed by atoms with Crippen LogP contribution < -0.4 is 10.6 Å². The first-order valence-electron chi connectivity index (χ1n) is 5.62. The fourth-order valence-corrected chi connectivity index (χ4v) is 2.73. The highest BCUT2D eigenvalue weighted by atomic mass is 35.5. The second-order valence-corrected chi connectivity index (χ2v) is 6.61. The van der Waals surface area contributed by atoms with Crippen molar-refractivity contribution in [2.45, 2.75) is 19.9 Å². The van der Waals surface area contributed by atoms with Gasteiger partial charge < -0.3 is 10.6 Å². The lowest BCUT2D eigenvalue weighted by Gasteiger charge is -2.14. The number of benzene rings is 1. The predicted octanol–water partition coefficient (Wildman–Crippen LogP) is 3.19. The van der Waals surface area contributed by atoms with Gasteiger partial charge in [0.1, 0.15) is 0 Å². The summed E-state index contributed by atoms with van der Waals surface area (Å²) in [6.07, 6.45) is 1.59. The van der Waals surface area contributed by atoms with Gasteiger partial charge in [0.25, 0.3) is 0 Å². The highest BCUT2D eigenvalue weighted by molar-refractivity contribution is 7.84. The highest BCUT2D eigenvalue weighted by Crippen LogP contribution is 2.28. The van der Waals surface area contributed by atoms with Gasteiger partial charge >= 0.3 is 6.03 Å². The van der Waals surface area contributed by atoms with E-state index in [4.69, 9.17) is 23.2 Å². The molecule has 106 valence electrons. The van der Waals surface area contributed by atoms with Crippen molar-refractivity contribution >= 4 is 45.7 Å². The summed E-state index contributed by atoms with van der Waals surface area (Å²) in [7, 11) is -0.959. The minimum absolute atomic E-state index is 0.189. The second-order valence-electron chi connectivity index (χ2n) is 4.32. The average molecular weight is 323 g/mol. The van der Waals surface area contributed by atoms with Gasteiger partial charge in [0.2, 0.25) is 0 Å². The minimum Gasteiger partial charge on any atom is -0.334 e. The van der Waals surface area contributed by atoms with Crippen molar-refractivity contribution in [2.24, 2.45) is 0 Å². The number of amides is 2. The molecule has 7 heteroatoms. The van der Waals surface area contributed by atoms with Gasteiger partial charge in [-0.2, -0.15) is 0 Å². The van der Waals surface area contributed by atoms with E-state index in [-0.39, 0.29) is 6.04 Å². The molecule has 0 fully saturated rings. The van der Waals surface area contributed by atoms with Crippen LogP contribution in [0.15, 0.2) is 12.1 Å². The highest BCUT2D eigenvalue weighted by Gasteiger charge is 2.11. The second kappa shape index (κ2) is 7.12. The van der Waals surface area contributed by atoms with Gasteiger partial charge in [0, 0.05) is 33.9 Å². The molecule has 0 unspecified atom stereocenters. The maximum Gasteiger partial charge on any atom is 0.319 e. The zero-order chi connectivity index (χ0) is 14.6. The zero-order valence-corrected chi connectivity index (χ0v) is 13.2. The van der Waals surface area contributed by atoms with Gasteiger partial charge in [-0.3, -0.25) is 4.21 Å². The maximum atomic E-state index is 11.7. The topological polar surface area (TPSA) is 58.2 Å². The average Bonchev–Trinajstić information content (AvgIpc) is 2.24. The van der Waals surface area contributed by atoms with Crippen LogP contribution in [-0.2, 0) is 10.8 Å². The molecule has 2 atom stereocenters. The Bertz CT molecular complexity index is 509. The number of rotatable bonds is 4. The molecule has 1 rings (SSSR count). The number of anilines is 1. The van der Waals surface area contributed by atoms with E-state index in [0.717, 1.165) is 5.56 Å².